The first-order valence-corrected chi connectivity index (χ1v) is 5.70. The number of fused-ring (bicyclic) bond motifs is 1. The molecule has 1 aromatic rings. The van der Waals surface area contributed by atoms with Crippen molar-refractivity contribution < 1.29 is 9.47 Å². The zero-order valence-electron chi connectivity index (χ0n) is 8.25. The molecule has 1 fully saturated rings. The van der Waals surface area contributed by atoms with Crippen molar-refractivity contribution >= 4 is 21.5 Å². The molecule has 0 saturated carbocycles. The van der Waals surface area contributed by atoms with Crippen molar-refractivity contribution in [2.75, 3.05) is 19.8 Å². The lowest BCUT2D eigenvalue weighted by atomic mass is 9.75. The third kappa shape index (κ3) is 1.26. The molecule has 78 valence electrons. The Labute approximate surface area is 97.0 Å². The lowest BCUT2D eigenvalue weighted by Crippen LogP contribution is -2.49. The maximum absolute atomic E-state index is 5.74. The molecule has 2 aliphatic rings. The van der Waals surface area contributed by atoms with Crippen LogP contribution in [0.2, 0.25) is 0 Å². The van der Waals surface area contributed by atoms with E-state index in [4.69, 9.17) is 9.47 Å². The summed E-state index contributed by atoms with van der Waals surface area (Å²) in [6, 6.07) is 6.04. The zero-order chi connectivity index (χ0) is 10.5. The Morgan fingerprint density at radius 1 is 1.27 bits per heavy atom. The monoisotopic (exact) mass is 266 g/mol. The van der Waals surface area contributed by atoms with Crippen LogP contribution in [0, 0.1) is 5.41 Å². The Morgan fingerprint density at radius 2 is 2.07 bits per heavy atom. The van der Waals surface area contributed by atoms with Crippen LogP contribution in [0.4, 0.5) is 0 Å². The molecule has 0 atom stereocenters. The predicted molar refractivity (Wildman–Crippen MR) is 61.9 cm³/mol. The molecule has 15 heavy (non-hydrogen) atoms. The summed E-state index contributed by atoms with van der Waals surface area (Å²) in [4.78, 5) is 0. The Hall–Kier alpha value is -0.800. The molecular formula is C12H11BrO2. The highest BCUT2D eigenvalue weighted by atomic mass is 79.9. The molecule has 1 spiro atoms. The molecular weight excluding hydrogens is 256 g/mol. The molecule has 0 aromatic heterocycles. The number of halogens is 1. The van der Waals surface area contributed by atoms with Crippen molar-refractivity contribution in [1.29, 1.82) is 0 Å². The van der Waals surface area contributed by atoms with Crippen molar-refractivity contribution in [1.82, 2.24) is 0 Å². The Morgan fingerprint density at radius 3 is 2.73 bits per heavy atom. The van der Waals surface area contributed by atoms with Crippen molar-refractivity contribution in [3.8, 4) is 5.75 Å². The smallest absolute Gasteiger partial charge is 0.126 e. The Bertz CT molecular complexity index is 435. The lowest BCUT2D eigenvalue weighted by Gasteiger charge is -2.45. The molecule has 0 unspecified atom stereocenters. The molecule has 0 radical (unpaired) electrons. The van der Waals surface area contributed by atoms with Gasteiger partial charge in [-0.3, -0.25) is 0 Å². The van der Waals surface area contributed by atoms with Crippen molar-refractivity contribution in [2.45, 2.75) is 0 Å². The average molecular weight is 267 g/mol. The number of rotatable bonds is 0. The van der Waals surface area contributed by atoms with Crippen molar-refractivity contribution in [2.24, 2.45) is 5.41 Å². The van der Waals surface area contributed by atoms with E-state index >= 15 is 0 Å². The van der Waals surface area contributed by atoms with E-state index in [2.05, 4.69) is 28.6 Å². The SMILES string of the molecule is C=C1c2cc(Br)ccc2OCC12COC2. The van der Waals surface area contributed by atoms with Gasteiger partial charge in [0.05, 0.1) is 18.6 Å². The number of hydrogen-bond acceptors (Lipinski definition) is 2. The topological polar surface area (TPSA) is 18.5 Å². The molecule has 3 rings (SSSR count). The third-order valence-corrected chi connectivity index (χ3v) is 3.66. The summed E-state index contributed by atoms with van der Waals surface area (Å²) in [6.07, 6.45) is 0. The average Bonchev–Trinajstić information content (AvgIpc) is 2.17. The normalized spacial score (nSPS) is 21.8. The summed E-state index contributed by atoms with van der Waals surface area (Å²) in [6.45, 7) is 6.35. The highest BCUT2D eigenvalue weighted by Gasteiger charge is 2.45. The molecule has 0 bridgehead atoms. The summed E-state index contributed by atoms with van der Waals surface area (Å²) in [5, 5.41) is 0. The summed E-state index contributed by atoms with van der Waals surface area (Å²) >= 11 is 3.47. The summed E-state index contributed by atoms with van der Waals surface area (Å²) in [7, 11) is 0. The largest absolute Gasteiger partial charge is 0.492 e. The molecule has 2 nitrogen and oxygen atoms in total. The van der Waals surface area contributed by atoms with Gasteiger partial charge in [-0.25, -0.2) is 0 Å². The first kappa shape index (κ1) is 9.43. The van der Waals surface area contributed by atoms with E-state index in [1.54, 1.807) is 0 Å². The van der Waals surface area contributed by atoms with E-state index in [0.717, 1.165) is 34.6 Å². The van der Waals surface area contributed by atoms with Crippen molar-refractivity contribution in [3.63, 3.8) is 0 Å². The fourth-order valence-corrected chi connectivity index (χ4v) is 2.42. The van der Waals surface area contributed by atoms with Crippen LogP contribution in [0.3, 0.4) is 0 Å². The Balaban J connectivity index is 2.08. The van der Waals surface area contributed by atoms with Crippen LogP contribution in [0.25, 0.3) is 5.57 Å². The zero-order valence-corrected chi connectivity index (χ0v) is 9.84. The fraction of sp³-hybridized carbons (Fsp3) is 0.333. The van der Waals surface area contributed by atoms with Crippen LogP contribution in [-0.2, 0) is 4.74 Å². The van der Waals surface area contributed by atoms with E-state index in [1.165, 1.54) is 0 Å². The van der Waals surface area contributed by atoms with Gasteiger partial charge >= 0.3 is 0 Å². The quantitative estimate of drug-likeness (QED) is 0.719. The van der Waals surface area contributed by atoms with Crippen LogP contribution in [0.5, 0.6) is 5.75 Å². The first-order valence-electron chi connectivity index (χ1n) is 4.91. The fourth-order valence-electron chi connectivity index (χ4n) is 2.06. The lowest BCUT2D eigenvalue weighted by molar-refractivity contribution is -0.0980. The molecule has 3 heteroatoms. The van der Waals surface area contributed by atoms with Gasteiger partial charge in [0.15, 0.2) is 0 Å². The molecule has 2 aliphatic heterocycles. The van der Waals surface area contributed by atoms with Gasteiger partial charge in [-0.15, -0.1) is 0 Å². The van der Waals surface area contributed by atoms with E-state index in [0.29, 0.717) is 6.61 Å². The van der Waals surface area contributed by atoms with Crippen molar-refractivity contribution in [3.05, 3.63) is 34.8 Å². The van der Waals surface area contributed by atoms with Gasteiger partial charge in [-0.1, -0.05) is 22.5 Å². The van der Waals surface area contributed by atoms with E-state index < -0.39 is 0 Å². The molecule has 1 aromatic carbocycles. The number of hydrogen-bond donors (Lipinski definition) is 0. The second-order valence-corrected chi connectivity index (χ2v) is 5.10. The second kappa shape index (κ2) is 3.09. The highest BCUT2D eigenvalue weighted by Crippen LogP contribution is 2.47. The minimum atomic E-state index is 0.0355. The summed E-state index contributed by atoms with van der Waals surface area (Å²) in [5.41, 5.74) is 2.29. The predicted octanol–water partition coefficient (Wildman–Crippen LogP) is 2.87. The minimum Gasteiger partial charge on any atom is -0.492 e. The van der Waals surface area contributed by atoms with Crippen LogP contribution in [0.15, 0.2) is 29.3 Å². The minimum absolute atomic E-state index is 0.0355. The molecule has 2 heterocycles. The first-order chi connectivity index (χ1) is 7.21. The van der Waals surface area contributed by atoms with Gasteiger partial charge in [0.1, 0.15) is 12.4 Å². The van der Waals surface area contributed by atoms with Crippen LogP contribution >= 0.6 is 15.9 Å². The standard InChI is InChI=1S/C12H11BrO2/c1-8-10-4-9(13)2-3-11(10)15-7-12(8)5-14-6-12/h2-4H,1,5-7H2. The highest BCUT2D eigenvalue weighted by molar-refractivity contribution is 9.10. The number of benzene rings is 1. The van der Waals surface area contributed by atoms with Gasteiger partial charge in [0.25, 0.3) is 0 Å². The van der Waals surface area contributed by atoms with Gasteiger partial charge in [0, 0.05) is 10.0 Å². The molecule has 0 N–H and O–H groups in total. The van der Waals surface area contributed by atoms with Gasteiger partial charge < -0.3 is 9.47 Å². The van der Waals surface area contributed by atoms with Gasteiger partial charge in [-0.2, -0.15) is 0 Å². The van der Waals surface area contributed by atoms with E-state index in [9.17, 15) is 0 Å². The summed E-state index contributed by atoms with van der Waals surface area (Å²) < 4.78 is 12.1. The molecule has 1 saturated heterocycles. The molecule has 0 aliphatic carbocycles. The second-order valence-electron chi connectivity index (χ2n) is 4.18. The van der Waals surface area contributed by atoms with Crippen LogP contribution in [0.1, 0.15) is 5.56 Å². The Kier molecular flexibility index (Phi) is 1.94. The molecule has 0 amide bonds. The summed E-state index contributed by atoms with van der Waals surface area (Å²) in [5.74, 6) is 0.931. The third-order valence-electron chi connectivity index (χ3n) is 3.17. The van der Waals surface area contributed by atoms with Gasteiger partial charge in [-0.05, 0) is 23.8 Å². The van der Waals surface area contributed by atoms with E-state index in [-0.39, 0.29) is 5.41 Å². The number of ether oxygens (including phenoxy) is 2. The van der Waals surface area contributed by atoms with E-state index in [1.807, 2.05) is 12.1 Å². The van der Waals surface area contributed by atoms with Gasteiger partial charge in [0.2, 0.25) is 0 Å². The maximum Gasteiger partial charge on any atom is 0.126 e. The van der Waals surface area contributed by atoms with Crippen LogP contribution < -0.4 is 4.74 Å². The maximum atomic E-state index is 5.74. The van der Waals surface area contributed by atoms with Crippen LogP contribution in [-0.4, -0.2) is 19.8 Å².